The summed E-state index contributed by atoms with van der Waals surface area (Å²) in [5.41, 5.74) is 1.07. The normalized spacial score (nSPS) is 17.1. The van der Waals surface area contributed by atoms with Crippen LogP contribution in [0.4, 0.5) is 0 Å². The number of nitrogens with zero attached hydrogens (tertiary/aromatic N) is 3. The van der Waals surface area contributed by atoms with Crippen LogP contribution in [0.2, 0.25) is 0 Å². The van der Waals surface area contributed by atoms with Gasteiger partial charge in [0, 0.05) is 18.9 Å². The smallest absolute Gasteiger partial charge is 0.316 e. The molecule has 2 aromatic carbocycles. The summed E-state index contributed by atoms with van der Waals surface area (Å²) in [5, 5.41) is 2.30. The molecule has 1 fully saturated rings. The number of carbonyl (C=O) groups excluding carboxylic acids is 1. The maximum Gasteiger partial charge on any atom is 0.316 e. The molecule has 0 bridgehead atoms. The molecule has 4 rings (SSSR count). The number of hydrogen-bond donors (Lipinski definition) is 0. The van der Waals surface area contributed by atoms with Crippen LogP contribution >= 0.6 is 15.9 Å². The molecule has 3 aromatic rings. The number of likely N-dealkylation sites (tertiary alicyclic amines) is 1. The van der Waals surface area contributed by atoms with Crippen molar-refractivity contribution in [1.29, 1.82) is 0 Å². The quantitative estimate of drug-likeness (QED) is 0.633. The van der Waals surface area contributed by atoms with Gasteiger partial charge in [-0.05, 0) is 45.1 Å². The van der Waals surface area contributed by atoms with Crippen LogP contribution in [0.5, 0.6) is 6.01 Å². The Balaban J connectivity index is 1.43. The molecule has 1 amide bonds. The standard InChI is InChI=1S/C21H20BrN3O2/c22-17-12-23-21(24-13-17)27-18-8-4-10-25(14-18)20(26)11-16-7-3-6-15-5-1-2-9-19(15)16/h1-3,5-7,9,12-13,18H,4,8,10-11,14H2/t18-/m0/s1. The summed E-state index contributed by atoms with van der Waals surface area (Å²) in [6.07, 6.45) is 5.47. The Morgan fingerprint density at radius 1 is 1.15 bits per heavy atom. The van der Waals surface area contributed by atoms with Crippen LogP contribution in [0.3, 0.4) is 0 Å². The van der Waals surface area contributed by atoms with E-state index in [2.05, 4.69) is 44.1 Å². The number of aromatic nitrogens is 2. The topological polar surface area (TPSA) is 55.3 Å². The second-order valence-electron chi connectivity index (χ2n) is 6.72. The average Bonchev–Trinajstić information content (AvgIpc) is 2.70. The fourth-order valence-electron chi connectivity index (χ4n) is 3.49. The van der Waals surface area contributed by atoms with Gasteiger partial charge in [0.15, 0.2) is 0 Å². The minimum absolute atomic E-state index is 0.0728. The molecule has 1 aliphatic rings. The third-order valence-electron chi connectivity index (χ3n) is 4.82. The van der Waals surface area contributed by atoms with Crippen molar-refractivity contribution in [1.82, 2.24) is 14.9 Å². The molecule has 0 aliphatic carbocycles. The maximum absolute atomic E-state index is 12.9. The van der Waals surface area contributed by atoms with Gasteiger partial charge in [0.25, 0.3) is 0 Å². The van der Waals surface area contributed by atoms with Gasteiger partial charge in [-0.25, -0.2) is 9.97 Å². The fraction of sp³-hybridized carbons (Fsp3) is 0.286. The van der Waals surface area contributed by atoms with Gasteiger partial charge in [-0.2, -0.15) is 0 Å². The minimum Gasteiger partial charge on any atom is -0.458 e. The SMILES string of the molecule is O=C(Cc1cccc2ccccc12)N1CCC[C@H](Oc2ncc(Br)cn2)C1. The van der Waals surface area contributed by atoms with Crippen LogP contribution in [-0.4, -0.2) is 40.0 Å². The number of piperidine rings is 1. The van der Waals surface area contributed by atoms with E-state index in [9.17, 15) is 4.79 Å². The Morgan fingerprint density at radius 3 is 2.78 bits per heavy atom. The fourth-order valence-corrected chi connectivity index (χ4v) is 3.70. The summed E-state index contributed by atoms with van der Waals surface area (Å²) < 4.78 is 6.68. The molecule has 1 atom stereocenters. The maximum atomic E-state index is 12.9. The summed E-state index contributed by atoms with van der Waals surface area (Å²) in [6, 6.07) is 14.7. The van der Waals surface area contributed by atoms with Gasteiger partial charge in [-0.15, -0.1) is 0 Å². The Bertz CT molecular complexity index is 940. The van der Waals surface area contributed by atoms with Crippen LogP contribution in [0, 0.1) is 0 Å². The summed E-state index contributed by atoms with van der Waals surface area (Å²) in [6.45, 7) is 1.34. The number of halogens is 1. The molecular weight excluding hydrogens is 406 g/mol. The van der Waals surface area contributed by atoms with Crippen molar-refractivity contribution in [3.8, 4) is 6.01 Å². The molecule has 0 spiro atoms. The van der Waals surface area contributed by atoms with Crippen molar-refractivity contribution in [3.05, 3.63) is 64.9 Å². The molecule has 1 aliphatic heterocycles. The Morgan fingerprint density at radius 2 is 1.93 bits per heavy atom. The molecule has 0 radical (unpaired) electrons. The Kier molecular flexibility index (Phi) is 5.34. The van der Waals surface area contributed by atoms with Crippen LogP contribution in [0.25, 0.3) is 10.8 Å². The molecule has 0 unspecified atom stereocenters. The zero-order valence-corrected chi connectivity index (χ0v) is 16.4. The monoisotopic (exact) mass is 425 g/mol. The lowest BCUT2D eigenvalue weighted by molar-refractivity contribution is -0.133. The number of amides is 1. The highest BCUT2D eigenvalue weighted by Gasteiger charge is 2.25. The first-order valence-corrected chi connectivity index (χ1v) is 9.87. The average molecular weight is 426 g/mol. The molecule has 0 saturated carbocycles. The van der Waals surface area contributed by atoms with Gasteiger partial charge < -0.3 is 9.64 Å². The summed E-state index contributed by atoms with van der Waals surface area (Å²) >= 11 is 3.31. The van der Waals surface area contributed by atoms with Crippen LogP contribution < -0.4 is 4.74 Å². The largest absolute Gasteiger partial charge is 0.458 e. The Labute approximate surface area is 166 Å². The van der Waals surface area contributed by atoms with Gasteiger partial charge in [-0.3, -0.25) is 4.79 Å². The van der Waals surface area contributed by atoms with E-state index in [1.54, 1.807) is 12.4 Å². The molecule has 1 aromatic heterocycles. The number of carbonyl (C=O) groups is 1. The van der Waals surface area contributed by atoms with Crippen molar-refractivity contribution in [2.75, 3.05) is 13.1 Å². The first kappa shape index (κ1) is 17.9. The van der Waals surface area contributed by atoms with E-state index in [1.807, 2.05) is 29.2 Å². The number of ether oxygens (including phenoxy) is 1. The van der Waals surface area contributed by atoms with Gasteiger partial charge in [0.1, 0.15) is 6.10 Å². The highest BCUT2D eigenvalue weighted by Crippen LogP contribution is 2.21. The zero-order valence-electron chi connectivity index (χ0n) is 14.8. The lowest BCUT2D eigenvalue weighted by atomic mass is 10.0. The van der Waals surface area contributed by atoms with E-state index in [4.69, 9.17) is 4.74 Å². The summed E-state index contributed by atoms with van der Waals surface area (Å²) in [5.74, 6) is 0.136. The zero-order chi connectivity index (χ0) is 18.6. The van der Waals surface area contributed by atoms with Crippen LogP contribution in [-0.2, 0) is 11.2 Å². The van der Waals surface area contributed by atoms with Crippen molar-refractivity contribution in [2.24, 2.45) is 0 Å². The van der Waals surface area contributed by atoms with Crippen LogP contribution in [0.1, 0.15) is 18.4 Å². The number of hydrogen-bond acceptors (Lipinski definition) is 4. The van der Waals surface area contributed by atoms with Gasteiger partial charge in [0.2, 0.25) is 5.91 Å². The minimum atomic E-state index is -0.0728. The van der Waals surface area contributed by atoms with E-state index in [0.29, 0.717) is 19.0 Å². The van der Waals surface area contributed by atoms with E-state index in [1.165, 1.54) is 0 Å². The molecule has 6 heteroatoms. The molecule has 2 heterocycles. The molecular formula is C21H20BrN3O2. The molecule has 138 valence electrons. The predicted octanol–water partition coefficient (Wildman–Crippen LogP) is 4.00. The lowest BCUT2D eigenvalue weighted by Crippen LogP contribution is -2.45. The third kappa shape index (κ3) is 4.27. The van der Waals surface area contributed by atoms with Crippen molar-refractivity contribution < 1.29 is 9.53 Å². The number of benzene rings is 2. The van der Waals surface area contributed by atoms with Crippen molar-refractivity contribution >= 4 is 32.6 Å². The van der Waals surface area contributed by atoms with Gasteiger partial charge in [0.05, 0.1) is 17.4 Å². The second-order valence-corrected chi connectivity index (χ2v) is 7.64. The van der Waals surface area contributed by atoms with Crippen molar-refractivity contribution in [3.63, 3.8) is 0 Å². The van der Waals surface area contributed by atoms with Crippen LogP contribution in [0.15, 0.2) is 59.3 Å². The lowest BCUT2D eigenvalue weighted by Gasteiger charge is -2.32. The molecule has 5 nitrogen and oxygen atoms in total. The highest BCUT2D eigenvalue weighted by molar-refractivity contribution is 9.10. The highest BCUT2D eigenvalue weighted by atomic mass is 79.9. The number of rotatable bonds is 4. The van der Waals surface area contributed by atoms with Crippen molar-refractivity contribution in [2.45, 2.75) is 25.4 Å². The number of fused-ring (bicyclic) bond motifs is 1. The van der Waals surface area contributed by atoms with E-state index in [0.717, 1.165) is 40.2 Å². The van der Waals surface area contributed by atoms with Gasteiger partial charge in [-0.1, -0.05) is 42.5 Å². The van der Waals surface area contributed by atoms with E-state index < -0.39 is 0 Å². The predicted molar refractivity (Wildman–Crippen MR) is 108 cm³/mol. The first-order chi connectivity index (χ1) is 13.2. The van der Waals surface area contributed by atoms with E-state index >= 15 is 0 Å². The second kappa shape index (κ2) is 8.05. The first-order valence-electron chi connectivity index (χ1n) is 9.07. The van der Waals surface area contributed by atoms with E-state index in [-0.39, 0.29) is 12.0 Å². The van der Waals surface area contributed by atoms with Gasteiger partial charge >= 0.3 is 6.01 Å². The summed E-state index contributed by atoms with van der Waals surface area (Å²) in [4.78, 5) is 23.1. The molecule has 1 saturated heterocycles. The Hall–Kier alpha value is -2.47. The third-order valence-corrected chi connectivity index (χ3v) is 5.23. The molecule has 0 N–H and O–H groups in total. The molecule has 27 heavy (non-hydrogen) atoms. The summed E-state index contributed by atoms with van der Waals surface area (Å²) in [7, 11) is 0.